The minimum atomic E-state index is -0.715. The number of carbonyl (C=O) groups excluding carboxylic acids is 1. The van der Waals surface area contributed by atoms with E-state index in [9.17, 15) is 18.8 Å². The van der Waals surface area contributed by atoms with E-state index >= 15 is 0 Å². The van der Waals surface area contributed by atoms with Crippen LogP contribution in [0.3, 0.4) is 0 Å². The molecule has 0 radical (unpaired) electrons. The van der Waals surface area contributed by atoms with Gasteiger partial charge in [-0.2, -0.15) is 0 Å². The van der Waals surface area contributed by atoms with Gasteiger partial charge in [0.25, 0.3) is 5.56 Å². The van der Waals surface area contributed by atoms with Crippen LogP contribution in [-0.4, -0.2) is 22.0 Å². The zero-order valence-corrected chi connectivity index (χ0v) is 16.3. The molecular formula is C20H27FN4O3. The Morgan fingerprint density at radius 1 is 1.18 bits per heavy atom. The Balaban J connectivity index is 2.47. The highest BCUT2D eigenvalue weighted by atomic mass is 19.1. The zero-order chi connectivity index (χ0) is 20.7. The van der Waals surface area contributed by atoms with Gasteiger partial charge in [-0.15, -0.1) is 0 Å². The molecule has 0 aliphatic heterocycles. The number of anilines is 2. The van der Waals surface area contributed by atoms with E-state index in [2.05, 4.69) is 4.98 Å². The predicted molar refractivity (Wildman–Crippen MR) is 108 cm³/mol. The van der Waals surface area contributed by atoms with E-state index in [0.717, 1.165) is 12.8 Å². The lowest BCUT2D eigenvalue weighted by molar-refractivity contribution is -0.118. The molecule has 2 rings (SSSR count). The summed E-state index contributed by atoms with van der Waals surface area (Å²) in [7, 11) is 0. The van der Waals surface area contributed by atoms with Gasteiger partial charge >= 0.3 is 5.69 Å². The third-order valence-electron chi connectivity index (χ3n) is 4.56. The number of benzene rings is 1. The van der Waals surface area contributed by atoms with E-state index in [1.807, 2.05) is 13.8 Å². The van der Waals surface area contributed by atoms with Crippen molar-refractivity contribution in [2.24, 2.45) is 0 Å². The highest BCUT2D eigenvalue weighted by Gasteiger charge is 2.24. The number of rotatable bonds is 9. The molecule has 0 saturated carbocycles. The van der Waals surface area contributed by atoms with Gasteiger partial charge < -0.3 is 10.6 Å². The second-order valence-corrected chi connectivity index (χ2v) is 6.67. The number of hydrogen-bond acceptors (Lipinski definition) is 4. The number of nitrogens with two attached hydrogens (primary N) is 1. The van der Waals surface area contributed by atoms with Crippen molar-refractivity contribution < 1.29 is 9.18 Å². The number of nitrogens with zero attached hydrogens (tertiary/aromatic N) is 2. The maximum absolute atomic E-state index is 14.0. The van der Waals surface area contributed by atoms with Gasteiger partial charge in [0, 0.05) is 13.1 Å². The molecule has 1 aromatic heterocycles. The van der Waals surface area contributed by atoms with Crippen LogP contribution in [0.4, 0.5) is 15.9 Å². The number of aromatic amines is 1. The van der Waals surface area contributed by atoms with E-state index in [4.69, 9.17) is 5.73 Å². The van der Waals surface area contributed by atoms with Gasteiger partial charge in [0.1, 0.15) is 11.6 Å². The molecule has 1 heterocycles. The number of hydrogen-bond donors (Lipinski definition) is 2. The second-order valence-electron chi connectivity index (χ2n) is 6.67. The number of H-pyrrole nitrogens is 1. The molecular weight excluding hydrogens is 363 g/mol. The van der Waals surface area contributed by atoms with Crippen LogP contribution in [0.2, 0.25) is 0 Å². The normalized spacial score (nSPS) is 10.8. The van der Waals surface area contributed by atoms with E-state index in [1.54, 1.807) is 12.1 Å². The van der Waals surface area contributed by atoms with Gasteiger partial charge in [-0.05, 0) is 24.5 Å². The Bertz CT molecular complexity index is 936. The first-order chi connectivity index (χ1) is 13.4. The number of nitrogen functional groups attached to an aromatic ring is 1. The molecule has 28 heavy (non-hydrogen) atoms. The smallest absolute Gasteiger partial charge is 0.330 e. The van der Waals surface area contributed by atoms with Crippen molar-refractivity contribution >= 4 is 17.4 Å². The van der Waals surface area contributed by atoms with Crippen LogP contribution in [0.15, 0.2) is 33.9 Å². The minimum Gasteiger partial charge on any atom is -0.383 e. The molecule has 0 saturated heterocycles. The summed E-state index contributed by atoms with van der Waals surface area (Å²) in [5.41, 5.74) is 5.01. The first-order valence-corrected chi connectivity index (χ1v) is 9.57. The third-order valence-corrected chi connectivity index (χ3v) is 4.56. The average Bonchev–Trinajstić information content (AvgIpc) is 2.65. The quantitative estimate of drug-likeness (QED) is 0.687. The first-order valence-electron chi connectivity index (χ1n) is 9.57. The van der Waals surface area contributed by atoms with Crippen molar-refractivity contribution in [3.8, 4) is 0 Å². The molecule has 0 bridgehead atoms. The van der Waals surface area contributed by atoms with Gasteiger partial charge in [-0.1, -0.05) is 44.9 Å². The van der Waals surface area contributed by atoms with E-state index in [1.165, 1.54) is 21.6 Å². The molecule has 0 fully saturated rings. The lowest BCUT2D eigenvalue weighted by Crippen LogP contribution is -2.42. The number of carbonyl (C=O) groups is 1. The van der Waals surface area contributed by atoms with Gasteiger partial charge in [0.15, 0.2) is 5.69 Å². The summed E-state index contributed by atoms with van der Waals surface area (Å²) in [6, 6.07) is 6.00. The van der Waals surface area contributed by atoms with Crippen LogP contribution >= 0.6 is 0 Å². The largest absolute Gasteiger partial charge is 0.383 e. The summed E-state index contributed by atoms with van der Waals surface area (Å²) < 4.78 is 15.2. The van der Waals surface area contributed by atoms with Gasteiger partial charge in [0.05, 0.1) is 6.42 Å². The minimum absolute atomic E-state index is 0.0415. The number of aromatic nitrogens is 2. The van der Waals surface area contributed by atoms with Crippen LogP contribution in [-0.2, 0) is 17.8 Å². The molecule has 0 unspecified atom stereocenters. The summed E-state index contributed by atoms with van der Waals surface area (Å²) >= 11 is 0. The lowest BCUT2D eigenvalue weighted by atomic mass is 10.1. The number of unbranched alkanes of at least 4 members (excludes halogenated alkanes) is 2. The highest BCUT2D eigenvalue weighted by Crippen LogP contribution is 2.20. The molecule has 2 aromatic rings. The molecule has 8 heteroatoms. The fourth-order valence-electron chi connectivity index (χ4n) is 2.95. The second kappa shape index (κ2) is 9.87. The Morgan fingerprint density at radius 3 is 2.50 bits per heavy atom. The number of nitrogens with one attached hydrogen (secondary N) is 1. The van der Waals surface area contributed by atoms with Crippen molar-refractivity contribution in [3.63, 3.8) is 0 Å². The SMILES string of the molecule is CCCCN(C(=O)Cc1ccccc1F)c1c(N)n(CCCC)c(=O)[nH]c1=O. The molecule has 0 spiro atoms. The first kappa shape index (κ1) is 21.4. The van der Waals surface area contributed by atoms with Crippen LogP contribution < -0.4 is 21.9 Å². The number of halogens is 1. The molecule has 152 valence electrons. The average molecular weight is 390 g/mol. The summed E-state index contributed by atoms with van der Waals surface area (Å²) in [5.74, 6) is -0.974. The van der Waals surface area contributed by atoms with Crippen molar-refractivity contribution in [2.45, 2.75) is 52.5 Å². The standard InChI is InChI=1S/C20H27FN4O3/c1-3-5-11-24(16(26)13-14-9-7-8-10-15(14)21)17-18(22)25(12-6-4-2)20(28)23-19(17)27/h7-10H,3-6,11-13,22H2,1-2H3,(H,23,27,28). The van der Waals surface area contributed by atoms with Crippen LogP contribution in [0.25, 0.3) is 0 Å². The number of amides is 1. The fourth-order valence-corrected chi connectivity index (χ4v) is 2.95. The molecule has 0 aliphatic rings. The molecule has 7 nitrogen and oxygen atoms in total. The van der Waals surface area contributed by atoms with Gasteiger partial charge in [0.2, 0.25) is 5.91 Å². The maximum Gasteiger partial charge on any atom is 0.330 e. The van der Waals surface area contributed by atoms with E-state index < -0.39 is 23.0 Å². The fraction of sp³-hybridized carbons (Fsp3) is 0.450. The summed E-state index contributed by atoms with van der Waals surface area (Å²) in [6.45, 7) is 4.52. The van der Waals surface area contributed by atoms with E-state index in [0.29, 0.717) is 19.4 Å². The topological polar surface area (TPSA) is 101 Å². The van der Waals surface area contributed by atoms with Gasteiger partial charge in [-0.25, -0.2) is 9.18 Å². The maximum atomic E-state index is 14.0. The molecule has 3 N–H and O–H groups in total. The Labute approximate surface area is 163 Å². The van der Waals surface area contributed by atoms with Gasteiger partial charge in [-0.3, -0.25) is 19.1 Å². The van der Waals surface area contributed by atoms with Crippen LogP contribution in [0.5, 0.6) is 0 Å². The van der Waals surface area contributed by atoms with Crippen LogP contribution in [0.1, 0.15) is 45.1 Å². The highest BCUT2D eigenvalue weighted by molar-refractivity contribution is 5.96. The zero-order valence-electron chi connectivity index (χ0n) is 16.3. The van der Waals surface area contributed by atoms with Crippen molar-refractivity contribution in [1.82, 2.24) is 9.55 Å². The Hall–Kier alpha value is -2.90. The molecule has 0 atom stereocenters. The summed E-state index contributed by atoms with van der Waals surface area (Å²) in [4.78, 5) is 41.1. The predicted octanol–water partition coefficient (Wildman–Crippen LogP) is 2.43. The Morgan fingerprint density at radius 2 is 1.86 bits per heavy atom. The van der Waals surface area contributed by atoms with E-state index in [-0.39, 0.29) is 30.0 Å². The summed E-state index contributed by atoms with van der Waals surface area (Å²) in [5, 5.41) is 0. The van der Waals surface area contributed by atoms with Crippen LogP contribution in [0, 0.1) is 5.82 Å². The molecule has 1 amide bonds. The Kier molecular flexibility index (Phi) is 7.54. The van der Waals surface area contributed by atoms with Crippen molar-refractivity contribution in [1.29, 1.82) is 0 Å². The van der Waals surface area contributed by atoms with Crippen molar-refractivity contribution in [2.75, 3.05) is 17.2 Å². The third kappa shape index (κ3) is 4.88. The lowest BCUT2D eigenvalue weighted by Gasteiger charge is -2.24. The molecule has 0 aliphatic carbocycles. The van der Waals surface area contributed by atoms with Crippen molar-refractivity contribution in [3.05, 3.63) is 56.5 Å². The monoisotopic (exact) mass is 390 g/mol. The summed E-state index contributed by atoms with van der Waals surface area (Å²) in [6.07, 6.45) is 2.76. The molecule has 1 aromatic carbocycles.